The third-order valence-corrected chi connectivity index (χ3v) is 8.62. The normalized spacial score (nSPS) is 20.8. The van der Waals surface area contributed by atoms with Crippen molar-refractivity contribution in [3.63, 3.8) is 0 Å². The molecule has 1 fully saturated rings. The maximum atomic E-state index is 13.7. The van der Waals surface area contributed by atoms with Crippen molar-refractivity contribution in [3.8, 4) is 0 Å². The monoisotopic (exact) mass is 592 g/mol. The number of carbonyl (C=O) groups is 1. The standard InChI is InChI=1S/C30H34Cl2N8O/c1-17(2)39-19(4)15-37(16-20(39)5)25-10-9-21(13-18(25)3)35-29-34-14-22-27(36-29)38-12-11-33-30(38)40(28(22)41)26-23(31)7-6-8-24(26)32/h6-10,13-14,17,19-20H,11-12,15-16H2,1-5H3,(H,34,35,36)/t19-,20?/m0/s1. The molecule has 0 spiro atoms. The summed E-state index contributed by atoms with van der Waals surface area (Å²) in [5, 5.41) is 4.07. The third kappa shape index (κ3) is 4.90. The first-order chi connectivity index (χ1) is 19.6. The largest absolute Gasteiger partial charge is 0.368 e. The number of piperazine rings is 1. The number of rotatable bonds is 5. The summed E-state index contributed by atoms with van der Waals surface area (Å²) in [7, 11) is 0. The number of fused-ring (bicyclic) bond motifs is 3. The summed E-state index contributed by atoms with van der Waals surface area (Å²) in [4.78, 5) is 36.0. The SMILES string of the molecule is Cc1cc(Nc2ncc3c(n2)N2CCN=C2N(c2c(Cl)cccc2Cl)C3=O)ccc1N1CC(C)N(C(C)C)[C@@H](C)C1. The molecule has 41 heavy (non-hydrogen) atoms. The first kappa shape index (κ1) is 27.8. The minimum absolute atomic E-state index is 0.320. The number of aromatic nitrogens is 2. The highest BCUT2D eigenvalue weighted by Crippen LogP contribution is 2.40. The number of aryl methyl sites for hydroxylation is 1. The van der Waals surface area contributed by atoms with Crippen molar-refractivity contribution >= 4 is 63.9 Å². The number of benzene rings is 2. The fraction of sp³-hybridized carbons (Fsp3) is 0.400. The predicted octanol–water partition coefficient (Wildman–Crippen LogP) is 5.98. The Balaban J connectivity index is 1.25. The number of hydrogen-bond donors (Lipinski definition) is 1. The van der Waals surface area contributed by atoms with Gasteiger partial charge in [0.2, 0.25) is 11.9 Å². The van der Waals surface area contributed by atoms with Gasteiger partial charge in [-0.2, -0.15) is 4.98 Å². The van der Waals surface area contributed by atoms with E-state index >= 15 is 0 Å². The van der Waals surface area contributed by atoms with Crippen LogP contribution in [-0.4, -0.2) is 71.0 Å². The molecule has 1 N–H and O–H groups in total. The van der Waals surface area contributed by atoms with Crippen LogP contribution in [0.25, 0.3) is 0 Å². The zero-order valence-electron chi connectivity index (χ0n) is 23.9. The van der Waals surface area contributed by atoms with Crippen molar-refractivity contribution in [3.05, 3.63) is 63.8 Å². The maximum Gasteiger partial charge on any atom is 0.270 e. The minimum atomic E-state index is -0.320. The van der Waals surface area contributed by atoms with E-state index in [1.807, 2.05) is 4.90 Å². The van der Waals surface area contributed by atoms with Gasteiger partial charge in [0.15, 0.2) is 5.82 Å². The van der Waals surface area contributed by atoms with Crippen molar-refractivity contribution < 1.29 is 4.79 Å². The van der Waals surface area contributed by atoms with Crippen LogP contribution in [0.4, 0.5) is 28.8 Å². The summed E-state index contributed by atoms with van der Waals surface area (Å²) in [5.74, 6) is 1.07. The lowest BCUT2D eigenvalue weighted by Gasteiger charge is -2.47. The number of guanidine groups is 1. The molecule has 0 aliphatic carbocycles. The maximum absolute atomic E-state index is 13.7. The zero-order chi connectivity index (χ0) is 29.0. The van der Waals surface area contributed by atoms with Gasteiger partial charge in [-0.3, -0.25) is 19.6 Å². The van der Waals surface area contributed by atoms with E-state index in [1.165, 1.54) is 16.2 Å². The molecule has 0 bridgehead atoms. The van der Waals surface area contributed by atoms with Gasteiger partial charge in [0, 0.05) is 55.3 Å². The van der Waals surface area contributed by atoms with E-state index in [0.717, 1.165) is 18.8 Å². The van der Waals surface area contributed by atoms with Gasteiger partial charge in [0.1, 0.15) is 5.56 Å². The van der Waals surface area contributed by atoms with Gasteiger partial charge < -0.3 is 10.2 Å². The molecule has 0 saturated carbocycles. The van der Waals surface area contributed by atoms with Crippen LogP contribution in [0.15, 0.2) is 47.6 Å². The summed E-state index contributed by atoms with van der Waals surface area (Å²) in [6.07, 6.45) is 1.55. The second-order valence-corrected chi connectivity index (χ2v) is 12.1. The van der Waals surface area contributed by atoms with E-state index in [-0.39, 0.29) is 5.91 Å². The lowest BCUT2D eigenvalue weighted by Crippen LogP contribution is -2.59. The quantitative estimate of drug-likeness (QED) is 0.390. The first-order valence-electron chi connectivity index (χ1n) is 14.0. The van der Waals surface area contributed by atoms with Gasteiger partial charge in [-0.05, 0) is 70.5 Å². The van der Waals surface area contributed by atoms with Gasteiger partial charge in [0.25, 0.3) is 5.91 Å². The van der Waals surface area contributed by atoms with Crippen molar-refractivity contribution in [2.75, 3.05) is 46.2 Å². The first-order valence-corrected chi connectivity index (χ1v) is 14.8. The molecule has 9 nitrogen and oxygen atoms in total. The lowest BCUT2D eigenvalue weighted by molar-refractivity contribution is 0.0953. The number of anilines is 5. The molecule has 4 heterocycles. The Labute approximate surface area is 250 Å². The van der Waals surface area contributed by atoms with Crippen LogP contribution in [-0.2, 0) is 0 Å². The van der Waals surface area contributed by atoms with Crippen LogP contribution in [0, 0.1) is 6.92 Å². The number of nitrogens with one attached hydrogen (secondary N) is 1. The van der Waals surface area contributed by atoms with Crippen molar-refractivity contribution in [2.45, 2.75) is 52.7 Å². The van der Waals surface area contributed by atoms with E-state index in [4.69, 9.17) is 28.2 Å². The van der Waals surface area contributed by atoms with E-state index in [1.54, 1.807) is 24.4 Å². The molecule has 2 aromatic carbocycles. The highest BCUT2D eigenvalue weighted by Gasteiger charge is 2.41. The van der Waals surface area contributed by atoms with Crippen LogP contribution in [0.5, 0.6) is 0 Å². The Kier molecular flexibility index (Phi) is 7.30. The Morgan fingerprint density at radius 3 is 2.41 bits per heavy atom. The highest BCUT2D eigenvalue weighted by molar-refractivity contribution is 6.43. The lowest BCUT2D eigenvalue weighted by atomic mass is 10.0. The van der Waals surface area contributed by atoms with Gasteiger partial charge in [0.05, 0.1) is 22.3 Å². The summed E-state index contributed by atoms with van der Waals surface area (Å²) < 4.78 is 0. The summed E-state index contributed by atoms with van der Waals surface area (Å²) in [6, 6.07) is 13.0. The van der Waals surface area contributed by atoms with Crippen LogP contribution in [0.3, 0.4) is 0 Å². The second kappa shape index (κ2) is 10.8. The Morgan fingerprint density at radius 1 is 1.05 bits per heavy atom. The van der Waals surface area contributed by atoms with Gasteiger partial charge >= 0.3 is 0 Å². The number of aliphatic imine (C=N–C) groups is 1. The number of amides is 1. The van der Waals surface area contributed by atoms with Crippen LogP contribution >= 0.6 is 23.2 Å². The molecule has 11 heteroatoms. The Morgan fingerprint density at radius 2 is 1.76 bits per heavy atom. The molecule has 1 unspecified atom stereocenters. The molecular formula is C30H34Cl2N8O. The predicted molar refractivity (Wildman–Crippen MR) is 168 cm³/mol. The second-order valence-electron chi connectivity index (χ2n) is 11.2. The molecule has 6 rings (SSSR count). The smallest absolute Gasteiger partial charge is 0.270 e. The van der Waals surface area contributed by atoms with E-state index in [0.29, 0.717) is 70.2 Å². The number of hydrogen-bond acceptors (Lipinski definition) is 8. The molecule has 3 aliphatic heterocycles. The van der Waals surface area contributed by atoms with Crippen LogP contribution in [0.2, 0.25) is 10.0 Å². The highest BCUT2D eigenvalue weighted by atomic mass is 35.5. The zero-order valence-corrected chi connectivity index (χ0v) is 25.4. The molecule has 1 saturated heterocycles. The summed E-state index contributed by atoms with van der Waals surface area (Å²) in [6.45, 7) is 14.4. The van der Waals surface area contributed by atoms with Crippen LogP contribution in [0.1, 0.15) is 43.6 Å². The number of carbonyl (C=O) groups excluding carboxylic acids is 1. The van der Waals surface area contributed by atoms with Gasteiger partial charge in [-0.15, -0.1) is 0 Å². The summed E-state index contributed by atoms with van der Waals surface area (Å²) in [5.41, 5.74) is 4.08. The van der Waals surface area contributed by atoms with Gasteiger partial charge in [-0.1, -0.05) is 29.3 Å². The number of para-hydroxylation sites is 1. The van der Waals surface area contributed by atoms with E-state index in [2.05, 4.69) is 77.9 Å². The molecule has 3 aromatic rings. The average molecular weight is 594 g/mol. The molecule has 2 atom stereocenters. The molecule has 1 amide bonds. The van der Waals surface area contributed by atoms with Crippen molar-refractivity contribution in [1.82, 2.24) is 14.9 Å². The summed E-state index contributed by atoms with van der Waals surface area (Å²) >= 11 is 12.9. The molecule has 3 aliphatic rings. The Hall–Kier alpha value is -3.40. The molecule has 0 radical (unpaired) electrons. The molecule has 214 valence electrons. The number of halogens is 2. The molecule has 1 aromatic heterocycles. The van der Waals surface area contributed by atoms with Gasteiger partial charge in [-0.25, -0.2) is 9.88 Å². The van der Waals surface area contributed by atoms with Crippen molar-refractivity contribution in [2.24, 2.45) is 4.99 Å². The topological polar surface area (TPSA) is 80.2 Å². The number of nitrogens with zero attached hydrogens (tertiary/aromatic N) is 7. The minimum Gasteiger partial charge on any atom is -0.368 e. The van der Waals surface area contributed by atoms with E-state index in [9.17, 15) is 4.79 Å². The fourth-order valence-electron chi connectivity index (χ4n) is 6.50. The average Bonchev–Trinajstić information content (AvgIpc) is 3.39. The fourth-order valence-corrected chi connectivity index (χ4v) is 7.07. The van der Waals surface area contributed by atoms with E-state index < -0.39 is 0 Å². The third-order valence-electron chi connectivity index (χ3n) is 8.01. The van der Waals surface area contributed by atoms with Crippen molar-refractivity contribution in [1.29, 1.82) is 0 Å². The molecular weight excluding hydrogens is 559 g/mol. The Bertz CT molecular complexity index is 1510. The van der Waals surface area contributed by atoms with Crippen LogP contribution < -0.4 is 20.0 Å².